The Bertz CT molecular complexity index is 896. The smallest absolute Gasteiger partial charge is 0.131 e. The largest absolute Gasteiger partial charge is 0.372 e. The number of piperidine rings is 1. The molecule has 3 aliphatic rings. The van der Waals surface area contributed by atoms with Gasteiger partial charge in [0.15, 0.2) is 0 Å². The lowest BCUT2D eigenvalue weighted by Gasteiger charge is -2.38. The molecule has 0 aliphatic carbocycles. The van der Waals surface area contributed by atoms with Gasteiger partial charge in [-0.15, -0.1) is 0 Å². The van der Waals surface area contributed by atoms with Crippen molar-refractivity contribution in [2.24, 2.45) is 5.92 Å². The molecule has 0 spiro atoms. The molecule has 2 atom stereocenters. The van der Waals surface area contributed by atoms with Crippen molar-refractivity contribution >= 4 is 17.5 Å². The van der Waals surface area contributed by atoms with Gasteiger partial charge in [0.2, 0.25) is 0 Å². The topological polar surface area (TPSA) is 65.1 Å². The van der Waals surface area contributed by atoms with Crippen molar-refractivity contribution in [1.29, 1.82) is 0 Å². The molecule has 1 unspecified atom stereocenters. The van der Waals surface area contributed by atoms with Crippen LogP contribution in [-0.4, -0.2) is 42.7 Å². The predicted molar refractivity (Wildman–Crippen MR) is 122 cm³/mol. The van der Waals surface area contributed by atoms with Crippen LogP contribution in [-0.2, 0) is 5.66 Å². The number of fused-ring (bicyclic) bond motifs is 1. The number of nitrogens with zero attached hydrogens (tertiary/aromatic N) is 3. The lowest BCUT2D eigenvalue weighted by molar-refractivity contribution is 0.267. The highest BCUT2D eigenvalue weighted by Gasteiger charge is 2.35. The van der Waals surface area contributed by atoms with Crippen LogP contribution in [0.4, 0.5) is 5.69 Å². The van der Waals surface area contributed by atoms with Crippen molar-refractivity contribution in [1.82, 2.24) is 25.9 Å². The molecule has 3 aliphatic heterocycles. The van der Waals surface area contributed by atoms with Crippen LogP contribution in [0.25, 0.3) is 11.8 Å². The molecule has 30 heavy (non-hydrogen) atoms. The number of anilines is 1. The van der Waals surface area contributed by atoms with E-state index in [1.165, 1.54) is 50.0 Å². The molecule has 2 saturated heterocycles. The Hall–Kier alpha value is -2.44. The minimum atomic E-state index is -0.446. The summed E-state index contributed by atoms with van der Waals surface area (Å²) in [5.74, 6) is 0.645. The molecule has 2 aromatic rings. The van der Waals surface area contributed by atoms with Crippen LogP contribution in [0.3, 0.4) is 0 Å². The van der Waals surface area contributed by atoms with Gasteiger partial charge in [-0.3, -0.25) is 15.3 Å². The minimum Gasteiger partial charge on any atom is -0.372 e. The van der Waals surface area contributed by atoms with E-state index in [1.54, 1.807) is 12.4 Å². The average molecular weight is 405 g/mol. The number of hydrogen-bond acceptors (Lipinski definition) is 6. The van der Waals surface area contributed by atoms with Gasteiger partial charge in [-0.1, -0.05) is 12.1 Å². The van der Waals surface area contributed by atoms with Crippen LogP contribution in [0.2, 0.25) is 0 Å². The van der Waals surface area contributed by atoms with E-state index in [0.717, 1.165) is 36.7 Å². The van der Waals surface area contributed by atoms with Gasteiger partial charge < -0.3 is 15.5 Å². The highest BCUT2D eigenvalue weighted by molar-refractivity contribution is 5.83. The van der Waals surface area contributed by atoms with Gasteiger partial charge in [0, 0.05) is 43.4 Å². The van der Waals surface area contributed by atoms with Gasteiger partial charge in [-0.05, 0) is 75.4 Å². The quantitative estimate of drug-likeness (QED) is 0.712. The fourth-order valence-electron chi connectivity index (χ4n) is 4.90. The number of nitrogens with one attached hydrogen (secondary N) is 3. The van der Waals surface area contributed by atoms with E-state index in [9.17, 15) is 0 Å². The third kappa shape index (κ3) is 3.94. The van der Waals surface area contributed by atoms with E-state index in [-0.39, 0.29) is 0 Å². The molecule has 6 nitrogen and oxygen atoms in total. The highest BCUT2D eigenvalue weighted by Crippen LogP contribution is 2.31. The second-order valence-corrected chi connectivity index (χ2v) is 8.93. The Labute approximate surface area is 179 Å². The van der Waals surface area contributed by atoms with E-state index in [1.807, 2.05) is 0 Å². The van der Waals surface area contributed by atoms with E-state index in [2.05, 4.69) is 68.1 Å². The summed E-state index contributed by atoms with van der Waals surface area (Å²) < 4.78 is 0. The second-order valence-electron chi connectivity index (χ2n) is 8.93. The number of hydrogen-bond donors (Lipinski definition) is 3. The summed E-state index contributed by atoms with van der Waals surface area (Å²) in [5, 5.41) is 11.0. The van der Waals surface area contributed by atoms with Gasteiger partial charge in [0.05, 0.1) is 5.69 Å². The Morgan fingerprint density at radius 3 is 2.67 bits per heavy atom. The summed E-state index contributed by atoms with van der Waals surface area (Å²) >= 11 is 0. The molecule has 6 heteroatoms. The number of aromatic nitrogens is 2. The van der Waals surface area contributed by atoms with Crippen LogP contribution >= 0.6 is 0 Å². The van der Waals surface area contributed by atoms with Crippen molar-refractivity contribution in [3.8, 4) is 0 Å². The molecular weight excluding hydrogens is 372 g/mol. The van der Waals surface area contributed by atoms with E-state index < -0.39 is 5.66 Å². The zero-order valence-electron chi connectivity index (χ0n) is 17.8. The summed E-state index contributed by atoms with van der Waals surface area (Å²) in [7, 11) is 0. The fourth-order valence-corrected chi connectivity index (χ4v) is 4.90. The molecule has 0 bridgehead atoms. The average Bonchev–Trinajstić information content (AvgIpc) is 3.34. The van der Waals surface area contributed by atoms with Gasteiger partial charge in [0.25, 0.3) is 0 Å². The van der Waals surface area contributed by atoms with Gasteiger partial charge >= 0.3 is 0 Å². The van der Waals surface area contributed by atoms with Crippen molar-refractivity contribution < 1.29 is 0 Å². The molecule has 3 N–H and O–H groups in total. The lowest BCUT2D eigenvalue weighted by atomic mass is 9.95. The minimum absolute atomic E-state index is 0.446. The second kappa shape index (κ2) is 8.36. The summed E-state index contributed by atoms with van der Waals surface area (Å²) in [6, 6.07) is 8.93. The third-order valence-corrected chi connectivity index (χ3v) is 6.66. The van der Waals surface area contributed by atoms with Crippen molar-refractivity contribution in [3.05, 3.63) is 53.6 Å². The molecule has 2 fully saturated rings. The molecule has 0 amide bonds. The zero-order valence-corrected chi connectivity index (χ0v) is 17.8. The fraction of sp³-hybridized carbons (Fsp3) is 0.500. The molecular formula is C24H32N6. The van der Waals surface area contributed by atoms with Gasteiger partial charge in [0.1, 0.15) is 11.4 Å². The molecule has 0 radical (unpaired) electrons. The highest BCUT2D eigenvalue weighted by atomic mass is 15.2. The molecule has 4 heterocycles. The van der Waals surface area contributed by atoms with E-state index in [4.69, 9.17) is 0 Å². The van der Waals surface area contributed by atoms with E-state index >= 15 is 0 Å². The first-order valence-electron chi connectivity index (χ1n) is 11.3. The Balaban J connectivity index is 1.38. The number of benzene rings is 1. The molecule has 1 aromatic heterocycles. The van der Waals surface area contributed by atoms with Crippen molar-refractivity contribution in [2.45, 2.75) is 38.3 Å². The molecule has 0 saturated carbocycles. The van der Waals surface area contributed by atoms with Gasteiger partial charge in [-0.2, -0.15) is 0 Å². The maximum absolute atomic E-state index is 4.68. The molecule has 5 rings (SSSR count). The van der Waals surface area contributed by atoms with Crippen LogP contribution in [0.1, 0.15) is 49.6 Å². The maximum Gasteiger partial charge on any atom is 0.131 e. The lowest BCUT2D eigenvalue weighted by Crippen LogP contribution is -2.55. The maximum atomic E-state index is 4.68. The monoisotopic (exact) mass is 404 g/mol. The third-order valence-electron chi connectivity index (χ3n) is 6.66. The number of rotatable bonds is 5. The normalized spacial score (nSPS) is 26.1. The van der Waals surface area contributed by atoms with Crippen molar-refractivity contribution in [2.75, 3.05) is 37.6 Å². The SMILES string of the molecule is CC1(NC[C@H]2CCCNC2)NC(c2ccc(N3CCCC3)cc2)=Cc2nccnc21. The summed E-state index contributed by atoms with van der Waals surface area (Å²) in [4.78, 5) is 11.8. The van der Waals surface area contributed by atoms with Crippen LogP contribution < -0.4 is 20.9 Å². The van der Waals surface area contributed by atoms with E-state index in [0.29, 0.717) is 5.92 Å². The zero-order chi connectivity index (χ0) is 20.4. The summed E-state index contributed by atoms with van der Waals surface area (Å²) in [6.45, 7) is 7.69. The Kier molecular flexibility index (Phi) is 5.44. The van der Waals surface area contributed by atoms with Crippen LogP contribution in [0, 0.1) is 5.92 Å². The predicted octanol–water partition coefficient (Wildman–Crippen LogP) is 2.94. The first-order chi connectivity index (χ1) is 14.7. The summed E-state index contributed by atoms with van der Waals surface area (Å²) in [5.41, 5.74) is 5.05. The van der Waals surface area contributed by atoms with Crippen LogP contribution in [0.5, 0.6) is 0 Å². The Morgan fingerprint density at radius 1 is 1.10 bits per heavy atom. The molecule has 1 aromatic carbocycles. The Morgan fingerprint density at radius 2 is 1.90 bits per heavy atom. The van der Waals surface area contributed by atoms with Crippen molar-refractivity contribution in [3.63, 3.8) is 0 Å². The first kappa shape index (κ1) is 19.5. The molecule has 158 valence electrons. The standard InChI is InChI=1S/C24H32N6/c1-24(28-17-18-5-4-10-25-16-18)23-22(26-11-12-27-23)15-21(29-24)19-6-8-20(9-7-19)30-13-2-3-14-30/h6-9,11-12,15,18,25,28-29H,2-5,10,13-14,16-17H2,1H3/t18-,24?/m0/s1. The first-order valence-corrected chi connectivity index (χ1v) is 11.3. The summed E-state index contributed by atoms with van der Waals surface area (Å²) in [6.07, 6.45) is 10.8. The van der Waals surface area contributed by atoms with Gasteiger partial charge in [-0.25, -0.2) is 0 Å². The van der Waals surface area contributed by atoms with Crippen LogP contribution in [0.15, 0.2) is 36.7 Å².